The number of nitrogens with zero attached hydrogens (tertiary/aromatic N) is 2. The summed E-state index contributed by atoms with van der Waals surface area (Å²) >= 11 is 3.58. The molecule has 4 nitrogen and oxygen atoms in total. The number of rotatable bonds is 5. The van der Waals surface area contributed by atoms with Crippen LogP contribution in [0, 0.1) is 13.8 Å². The SMILES string of the molecule is CCCn1ncc(Br)c1C(NN)c1cc(C)cc(C)c1. The van der Waals surface area contributed by atoms with Crippen LogP contribution in [0.3, 0.4) is 0 Å². The van der Waals surface area contributed by atoms with E-state index in [9.17, 15) is 0 Å². The van der Waals surface area contributed by atoms with Crippen LogP contribution in [-0.2, 0) is 6.54 Å². The van der Waals surface area contributed by atoms with E-state index in [1.54, 1.807) is 0 Å². The van der Waals surface area contributed by atoms with Crippen LogP contribution >= 0.6 is 15.9 Å². The third kappa shape index (κ3) is 3.11. The van der Waals surface area contributed by atoms with Crippen LogP contribution in [0.4, 0.5) is 0 Å². The Balaban J connectivity index is 2.49. The molecule has 0 amide bonds. The van der Waals surface area contributed by atoms with Crippen LogP contribution in [0.1, 0.15) is 41.8 Å². The second-order valence-electron chi connectivity index (χ2n) is 5.12. The van der Waals surface area contributed by atoms with Crippen LogP contribution in [0.5, 0.6) is 0 Å². The van der Waals surface area contributed by atoms with Crippen molar-refractivity contribution in [2.75, 3.05) is 0 Å². The van der Waals surface area contributed by atoms with Crippen LogP contribution < -0.4 is 11.3 Å². The monoisotopic (exact) mass is 336 g/mol. The molecule has 0 bridgehead atoms. The molecular weight excluding hydrogens is 316 g/mol. The molecule has 20 heavy (non-hydrogen) atoms. The molecule has 1 unspecified atom stereocenters. The first-order valence-electron chi connectivity index (χ1n) is 6.82. The zero-order valence-corrected chi connectivity index (χ0v) is 13.7. The Hall–Kier alpha value is -1.17. The smallest absolute Gasteiger partial charge is 0.0890 e. The summed E-state index contributed by atoms with van der Waals surface area (Å²) in [6, 6.07) is 6.41. The van der Waals surface area contributed by atoms with Gasteiger partial charge >= 0.3 is 0 Å². The van der Waals surface area contributed by atoms with E-state index in [-0.39, 0.29) is 6.04 Å². The van der Waals surface area contributed by atoms with E-state index in [1.165, 1.54) is 11.1 Å². The van der Waals surface area contributed by atoms with Crippen molar-refractivity contribution in [2.24, 2.45) is 5.84 Å². The largest absolute Gasteiger partial charge is 0.271 e. The van der Waals surface area contributed by atoms with Crippen molar-refractivity contribution in [3.05, 3.63) is 51.3 Å². The number of nitrogens with two attached hydrogens (primary N) is 1. The van der Waals surface area contributed by atoms with Gasteiger partial charge in [-0.25, -0.2) is 5.43 Å². The maximum atomic E-state index is 5.82. The molecule has 0 radical (unpaired) electrons. The lowest BCUT2D eigenvalue weighted by Gasteiger charge is -2.20. The van der Waals surface area contributed by atoms with Gasteiger partial charge in [-0.1, -0.05) is 36.2 Å². The molecule has 1 heterocycles. The molecule has 108 valence electrons. The Bertz CT molecular complexity index is 571. The van der Waals surface area contributed by atoms with E-state index < -0.39 is 0 Å². The molecule has 1 atom stereocenters. The lowest BCUT2D eigenvalue weighted by atomic mass is 9.99. The van der Waals surface area contributed by atoms with Gasteiger partial charge in [0.15, 0.2) is 0 Å². The predicted octanol–water partition coefficient (Wildman–Crippen LogP) is 3.23. The average Bonchev–Trinajstić information content (AvgIpc) is 2.72. The number of aromatic nitrogens is 2. The second-order valence-corrected chi connectivity index (χ2v) is 5.98. The van der Waals surface area contributed by atoms with Crippen molar-refractivity contribution in [2.45, 2.75) is 39.8 Å². The zero-order chi connectivity index (χ0) is 14.7. The molecule has 0 aliphatic heterocycles. The van der Waals surface area contributed by atoms with Crippen molar-refractivity contribution < 1.29 is 0 Å². The highest BCUT2D eigenvalue weighted by Gasteiger charge is 2.21. The fraction of sp³-hybridized carbons (Fsp3) is 0.400. The normalized spacial score (nSPS) is 12.7. The van der Waals surface area contributed by atoms with Gasteiger partial charge in [-0.05, 0) is 41.8 Å². The van der Waals surface area contributed by atoms with Gasteiger partial charge in [-0.3, -0.25) is 10.5 Å². The summed E-state index contributed by atoms with van der Waals surface area (Å²) in [6.07, 6.45) is 2.86. The first-order valence-corrected chi connectivity index (χ1v) is 7.61. The third-order valence-electron chi connectivity index (χ3n) is 3.29. The minimum atomic E-state index is -0.0722. The van der Waals surface area contributed by atoms with Gasteiger partial charge in [-0.2, -0.15) is 5.10 Å². The van der Waals surface area contributed by atoms with Crippen molar-refractivity contribution in [1.82, 2.24) is 15.2 Å². The predicted molar refractivity (Wildman–Crippen MR) is 85.3 cm³/mol. The first kappa shape index (κ1) is 15.2. The van der Waals surface area contributed by atoms with E-state index in [0.717, 1.165) is 28.7 Å². The summed E-state index contributed by atoms with van der Waals surface area (Å²) in [5.41, 5.74) is 7.62. The van der Waals surface area contributed by atoms with Crippen molar-refractivity contribution in [1.29, 1.82) is 0 Å². The highest BCUT2D eigenvalue weighted by atomic mass is 79.9. The van der Waals surface area contributed by atoms with Crippen LogP contribution in [0.15, 0.2) is 28.9 Å². The molecule has 0 fully saturated rings. The van der Waals surface area contributed by atoms with E-state index in [0.29, 0.717) is 0 Å². The van der Waals surface area contributed by atoms with Crippen LogP contribution in [-0.4, -0.2) is 9.78 Å². The summed E-state index contributed by atoms with van der Waals surface area (Å²) in [5.74, 6) is 5.82. The molecule has 2 rings (SSSR count). The molecule has 1 aromatic carbocycles. The lowest BCUT2D eigenvalue weighted by Crippen LogP contribution is -2.31. The van der Waals surface area contributed by atoms with E-state index >= 15 is 0 Å². The number of hydrogen-bond acceptors (Lipinski definition) is 3. The maximum Gasteiger partial charge on any atom is 0.0890 e. The van der Waals surface area contributed by atoms with Gasteiger partial charge in [0.1, 0.15) is 0 Å². The Kier molecular flexibility index (Phi) is 4.96. The van der Waals surface area contributed by atoms with E-state index in [4.69, 9.17) is 5.84 Å². The molecule has 0 aliphatic carbocycles. The van der Waals surface area contributed by atoms with Gasteiger partial charge in [-0.15, -0.1) is 0 Å². The van der Waals surface area contributed by atoms with Crippen molar-refractivity contribution in [3.63, 3.8) is 0 Å². The van der Waals surface area contributed by atoms with E-state index in [1.807, 2.05) is 10.9 Å². The first-order chi connectivity index (χ1) is 9.56. The fourth-order valence-electron chi connectivity index (χ4n) is 2.56. The highest BCUT2D eigenvalue weighted by Crippen LogP contribution is 2.29. The van der Waals surface area contributed by atoms with Crippen molar-refractivity contribution >= 4 is 15.9 Å². The number of hydrazine groups is 1. The van der Waals surface area contributed by atoms with Gasteiger partial charge in [0.2, 0.25) is 0 Å². The number of aryl methyl sites for hydroxylation is 3. The topological polar surface area (TPSA) is 55.9 Å². The van der Waals surface area contributed by atoms with Crippen molar-refractivity contribution in [3.8, 4) is 0 Å². The standard InChI is InChI=1S/C15H21BrN4/c1-4-5-20-15(13(16)9-18-20)14(19-17)12-7-10(2)6-11(3)8-12/h6-9,14,19H,4-5,17H2,1-3H3. The molecule has 0 saturated carbocycles. The number of halogens is 1. The van der Waals surface area contributed by atoms with Gasteiger partial charge in [0, 0.05) is 6.54 Å². The number of benzene rings is 1. The highest BCUT2D eigenvalue weighted by molar-refractivity contribution is 9.10. The number of nitrogens with one attached hydrogen (secondary N) is 1. The van der Waals surface area contributed by atoms with Crippen LogP contribution in [0.2, 0.25) is 0 Å². The molecule has 2 aromatic rings. The van der Waals surface area contributed by atoms with Crippen LogP contribution in [0.25, 0.3) is 0 Å². The minimum absolute atomic E-state index is 0.0722. The molecule has 3 N–H and O–H groups in total. The summed E-state index contributed by atoms with van der Waals surface area (Å²) < 4.78 is 2.99. The summed E-state index contributed by atoms with van der Waals surface area (Å²) in [7, 11) is 0. The maximum absolute atomic E-state index is 5.82. The Labute approximate surface area is 128 Å². The minimum Gasteiger partial charge on any atom is -0.271 e. The molecule has 0 saturated heterocycles. The third-order valence-corrected chi connectivity index (χ3v) is 3.90. The second kappa shape index (κ2) is 6.52. The molecule has 5 heteroatoms. The fourth-order valence-corrected chi connectivity index (χ4v) is 3.08. The molecule has 0 aliphatic rings. The summed E-state index contributed by atoms with van der Waals surface area (Å²) in [6.45, 7) is 7.22. The molecule has 0 spiro atoms. The van der Waals surface area contributed by atoms with Gasteiger partial charge in [0.25, 0.3) is 0 Å². The Morgan fingerprint density at radius 2 is 1.95 bits per heavy atom. The summed E-state index contributed by atoms with van der Waals surface area (Å²) in [5, 5.41) is 4.42. The van der Waals surface area contributed by atoms with Gasteiger partial charge in [0.05, 0.1) is 22.4 Å². The van der Waals surface area contributed by atoms with E-state index in [2.05, 4.69) is 65.4 Å². The molecular formula is C15H21BrN4. The number of hydrogen-bond donors (Lipinski definition) is 2. The Morgan fingerprint density at radius 3 is 2.50 bits per heavy atom. The zero-order valence-electron chi connectivity index (χ0n) is 12.2. The van der Waals surface area contributed by atoms with Gasteiger partial charge < -0.3 is 0 Å². The quantitative estimate of drug-likeness (QED) is 0.651. The Morgan fingerprint density at radius 1 is 1.30 bits per heavy atom. The average molecular weight is 337 g/mol. The lowest BCUT2D eigenvalue weighted by molar-refractivity contribution is 0.519. The summed E-state index contributed by atoms with van der Waals surface area (Å²) in [4.78, 5) is 0. The molecule has 1 aromatic heterocycles.